The Morgan fingerprint density at radius 1 is 1.18 bits per heavy atom. The molecule has 0 bridgehead atoms. The number of hydrogen-bond donors (Lipinski definition) is 2. The van der Waals surface area contributed by atoms with Gasteiger partial charge in [0.1, 0.15) is 23.3 Å². The van der Waals surface area contributed by atoms with Crippen molar-refractivity contribution in [1.82, 2.24) is 15.1 Å². The molecule has 1 saturated heterocycles. The van der Waals surface area contributed by atoms with E-state index >= 15 is 0 Å². The number of benzene rings is 2. The normalized spacial score (nSPS) is 15.2. The van der Waals surface area contributed by atoms with Crippen molar-refractivity contribution in [3.63, 3.8) is 0 Å². The molecule has 1 heterocycles. The minimum absolute atomic E-state index is 0. The molecule has 2 N–H and O–H groups in total. The van der Waals surface area contributed by atoms with E-state index in [4.69, 9.17) is 21.1 Å². The van der Waals surface area contributed by atoms with Crippen molar-refractivity contribution in [1.29, 1.82) is 0 Å². The molecule has 1 radical (unpaired) electrons. The number of rotatable bonds is 7. The molecular weight excluding hydrogens is 791 g/mol. The van der Waals surface area contributed by atoms with Crippen molar-refractivity contribution >= 4 is 29.6 Å². The molecule has 1 aliphatic heterocycles. The summed E-state index contributed by atoms with van der Waals surface area (Å²) in [6, 6.07) is 7.89. The summed E-state index contributed by atoms with van der Waals surface area (Å²) in [6.45, 7) is 10.5. The summed E-state index contributed by atoms with van der Waals surface area (Å²) in [5.74, 6) is -2.16. The Labute approximate surface area is 232 Å². The molecule has 0 saturated carbocycles. The third-order valence-electron chi connectivity index (χ3n) is 6.20. The third-order valence-corrected chi connectivity index (χ3v) is 6.51. The van der Waals surface area contributed by atoms with Crippen LogP contribution in [0.4, 0.5) is 9.18 Å². The largest absolute Gasteiger partial charge is 0.484 e. The molecule has 2 aromatic rings. The van der Waals surface area contributed by atoms with Gasteiger partial charge >= 0.3 is 12.1 Å². The number of amides is 2. The first-order valence-electron chi connectivity index (χ1n) is 12.5. The van der Waals surface area contributed by atoms with Crippen molar-refractivity contribution < 1.29 is 33.4 Å². The number of carbonyl (C=O) groups excluding carboxylic acids is 2. The predicted molar refractivity (Wildman–Crippen MR) is 145 cm³/mol. The number of nitrogens with zero attached hydrogens (tertiary/aromatic N) is 2. The number of carbonyl (C=O) groups is 3. The molecule has 1 fully saturated rings. The fourth-order valence-electron chi connectivity index (χ4n) is 4.27. The number of halogens is 2. The van der Waals surface area contributed by atoms with Crippen molar-refractivity contribution in [2.24, 2.45) is 0 Å². The minimum atomic E-state index is -1.17. The molecule has 40 heavy (non-hydrogen) atoms. The van der Waals surface area contributed by atoms with E-state index in [0.717, 1.165) is 6.04 Å². The van der Waals surface area contributed by atoms with Crippen LogP contribution in [0, 0.1) is 18.8 Å². The first-order chi connectivity index (χ1) is 18.2. The van der Waals surface area contributed by atoms with E-state index in [1.807, 2.05) is 11.8 Å². The van der Waals surface area contributed by atoms with Gasteiger partial charge in [0.2, 0.25) is 0 Å². The minimum Gasteiger partial charge on any atom is -0.484 e. The molecule has 12 heteroatoms. The Kier molecular flexibility index (Phi) is 10.1. The molecular formula is C28H34ClFLrN3O6-. The Morgan fingerprint density at radius 3 is 2.40 bits per heavy atom. The Morgan fingerprint density at radius 2 is 1.85 bits per heavy atom. The maximum Gasteiger partial charge on any atom is 0.380 e. The maximum absolute atomic E-state index is 14.5. The van der Waals surface area contributed by atoms with Gasteiger partial charge in [0, 0.05) is 26.7 Å². The van der Waals surface area contributed by atoms with Gasteiger partial charge in [0.25, 0.3) is 5.91 Å². The van der Waals surface area contributed by atoms with Gasteiger partial charge in [-0.25, -0.2) is 20.0 Å². The fourth-order valence-corrected chi connectivity index (χ4v) is 4.39. The Hall–Kier alpha value is -4.37. The van der Waals surface area contributed by atoms with E-state index in [9.17, 15) is 23.9 Å². The molecule has 227 valence electrons. The molecule has 3 rings (SSSR count). The van der Waals surface area contributed by atoms with Crippen LogP contribution in [-0.2, 0) is 4.74 Å². The molecule has 1 atom stereocenters. The van der Waals surface area contributed by atoms with Crippen LogP contribution in [-0.4, -0.2) is 71.7 Å². The summed E-state index contributed by atoms with van der Waals surface area (Å²) in [6.07, 6.45) is -1.17. The van der Waals surface area contributed by atoms with Gasteiger partial charge in [-0.2, -0.15) is 6.92 Å². The Bertz CT molecular complexity index is 1260. The van der Waals surface area contributed by atoms with Gasteiger partial charge in [-0.05, 0) is 63.1 Å². The number of hydrogen-bond acceptors (Lipinski definition) is 6. The monoisotopic (exact) mass is 824 g/mol. The Balaban J connectivity index is 0.00000560. The number of carboxylic acids is 1. The van der Waals surface area contributed by atoms with E-state index in [1.165, 1.54) is 31.3 Å². The van der Waals surface area contributed by atoms with Crippen LogP contribution < -0.4 is 10.1 Å². The SMILES string of the molecule is CNC(=O)c1cc(C(=O)O)c(C)cc1O[C@H](CN1CCN(C(=O)OC(C)(C)C)[C-](C)C1)c1ccc(Cl)c(F)c1.[Lr]. The van der Waals surface area contributed by atoms with Crippen LogP contribution >= 0.6 is 11.6 Å². The number of nitrogens with one attached hydrogen (secondary N) is 1. The van der Waals surface area contributed by atoms with E-state index in [0.29, 0.717) is 30.8 Å². The third kappa shape index (κ3) is 7.60. The van der Waals surface area contributed by atoms with Crippen LogP contribution in [0.3, 0.4) is 0 Å². The fraction of sp³-hybridized carbons (Fsp3) is 0.429. The maximum atomic E-state index is 14.5. The molecule has 9 nitrogen and oxygen atoms in total. The van der Waals surface area contributed by atoms with Crippen molar-refractivity contribution in [2.75, 3.05) is 33.2 Å². The zero-order valence-electron chi connectivity index (χ0n) is 23.2. The van der Waals surface area contributed by atoms with E-state index in [-0.39, 0.29) is 28.4 Å². The van der Waals surface area contributed by atoms with E-state index in [2.05, 4.69) is 5.32 Å². The topological polar surface area (TPSA) is 108 Å². The summed E-state index contributed by atoms with van der Waals surface area (Å²) in [5, 5.41) is 12.0. The van der Waals surface area contributed by atoms with Crippen LogP contribution in [0.25, 0.3) is 0 Å². The number of carboxylic acid groups (broad SMARTS) is 1. The second-order valence-corrected chi connectivity index (χ2v) is 10.8. The van der Waals surface area contributed by atoms with Crippen LogP contribution in [0.15, 0.2) is 30.3 Å². The van der Waals surface area contributed by atoms with Gasteiger partial charge in [-0.3, -0.25) is 4.79 Å². The van der Waals surface area contributed by atoms with Gasteiger partial charge in [0.05, 0.1) is 16.1 Å². The molecule has 2 amide bonds. The summed E-state index contributed by atoms with van der Waals surface area (Å²) in [4.78, 5) is 40.6. The van der Waals surface area contributed by atoms with E-state index in [1.54, 1.807) is 38.7 Å². The molecule has 0 aliphatic carbocycles. The number of aromatic carboxylic acids is 1. The second-order valence-electron chi connectivity index (χ2n) is 10.4. The summed E-state index contributed by atoms with van der Waals surface area (Å²) in [7, 11) is 1.43. The van der Waals surface area contributed by atoms with Crippen molar-refractivity contribution in [3.05, 3.63) is 69.5 Å². The predicted octanol–water partition coefficient (Wildman–Crippen LogP) is 5.07. The van der Waals surface area contributed by atoms with Gasteiger partial charge < -0.3 is 29.7 Å². The number of piperazine rings is 1. The molecule has 0 aromatic heterocycles. The number of ether oxygens (including phenoxy) is 2. The summed E-state index contributed by atoms with van der Waals surface area (Å²) < 4.78 is 26.3. The van der Waals surface area contributed by atoms with Crippen molar-refractivity contribution in [2.45, 2.75) is 46.3 Å². The van der Waals surface area contributed by atoms with Crippen molar-refractivity contribution in [3.8, 4) is 5.75 Å². The smallest absolute Gasteiger partial charge is 0.380 e. The standard InChI is InChI=1S/C28H34ClFN3O6.Lr/c1-16-11-23(20(25(34)31-6)13-19(16)26(35)36)38-24(18-7-8-21(29)22(30)12-18)15-32-9-10-33(17(2)14-32)27(37)39-28(3,4)5;/h7-8,11-13,24H,9-10,14-15H2,1-6H3,(H,31,34)(H,35,36);/q-1;/t24-;/m1./s1. The average Bonchev–Trinajstić information content (AvgIpc) is 2.83. The second kappa shape index (κ2) is 12.7. The zero-order valence-corrected chi connectivity index (χ0v) is 26.1. The quantitative estimate of drug-likeness (QED) is 0.376. The molecule has 0 spiro atoms. The first-order valence-corrected chi connectivity index (χ1v) is 12.8. The average molecular weight is 825 g/mol. The zero-order chi connectivity index (χ0) is 29.1. The molecule has 0 unspecified atom stereocenters. The number of aryl methyl sites for hydroxylation is 1. The van der Waals surface area contributed by atoms with Crippen LogP contribution in [0.2, 0.25) is 5.02 Å². The summed E-state index contributed by atoms with van der Waals surface area (Å²) in [5.41, 5.74) is 0.271. The molecule has 2 aromatic carbocycles. The molecule has 1 aliphatic rings. The van der Waals surface area contributed by atoms with E-state index < -0.39 is 35.5 Å². The summed E-state index contributed by atoms with van der Waals surface area (Å²) >= 11 is 5.91. The van der Waals surface area contributed by atoms with Gasteiger partial charge in [-0.15, -0.1) is 6.54 Å². The van der Waals surface area contributed by atoms with Crippen LogP contribution in [0.5, 0.6) is 5.75 Å². The van der Waals surface area contributed by atoms with Gasteiger partial charge in [0.15, 0.2) is 0 Å². The first kappa shape index (κ1) is 31.8. The van der Waals surface area contributed by atoms with Crippen LogP contribution in [0.1, 0.15) is 65.6 Å². The van der Waals surface area contributed by atoms with Gasteiger partial charge in [-0.1, -0.05) is 17.7 Å².